The van der Waals surface area contributed by atoms with E-state index in [1.54, 1.807) is 12.4 Å². The Morgan fingerprint density at radius 1 is 1.21 bits per heavy atom. The van der Waals surface area contributed by atoms with Crippen LogP contribution >= 0.6 is 0 Å². The van der Waals surface area contributed by atoms with Crippen molar-refractivity contribution in [1.82, 2.24) is 24.9 Å². The summed E-state index contributed by atoms with van der Waals surface area (Å²) in [5.41, 5.74) is 2.91. The third-order valence-corrected chi connectivity index (χ3v) is 5.48. The number of anilines is 1. The highest BCUT2D eigenvalue weighted by Crippen LogP contribution is 2.22. The molecule has 0 bridgehead atoms. The van der Waals surface area contributed by atoms with Gasteiger partial charge in [-0.25, -0.2) is 13.9 Å². The van der Waals surface area contributed by atoms with E-state index in [2.05, 4.69) is 20.2 Å². The van der Waals surface area contributed by atoms with Crippen molar-refractivity contribution >= 4 is 22.4 Å². The third kappa shape index (κ3) is 2.97. The summed E-state index contributed by atoms with van der Waals surface area (Å²) in [6, 6.07) is 11.6. The average molecular weight is 376 g/mol. The predicted octanol–water partition coefficient (Wildman–Crippen LogP) is 2.81. The van der Waals surface area contributed by atoms with Gasteiger partial charge in [0.1, 0.15) is 11.6 Å². The highest BCUT2D eigenvalue weighted by atomic mass is 19.1. The minimum Gasteiger partial charge on any atom is -0.354 e. The second-order valence-electron chi connectivity index (χ2n) is 7.25. The Morgan fingerprint density at radius 3 is 3.00 bits per heavy atom. The number of imidazole rings is 1. The third-order valence-electron chi connectivity index (χ3n) is 5.48. The van der Waals surface area contributed by atoms with Gasteiger partial charge < -0.3 is 10.2 Å². The van der Waals surface area contributed by atoms with Crippen LogP contribution in [0.2, 0.25) is 0 Å². The quantitative estimate of drug-likeness (QED) is 0.594. The number of benzene rings is 1. The number of aromatic nitrogens is 4. The maximum atomic E-state index is 14.6. The standard InChI is InChI=1S/C21H21FN6/c1-23-16-6-8-27(13-16)21-5-4-20-25-12-17(28(20)26-21)10-15-9-14-3-2-7-24-19(14)11-18(15)22/h2-5,7,9,11-12,16,23H,6,8,10,13H2,1H3. The summed E-state index contributed by atoms with van der Waals surface area (Å²) in [4.78, 5) is 10.9. The van der Waals surface area contributed by atoms with Gasteiger partial charge in [0.2, 0.25) is 0 Å². The van der Waals surface area contributed by atoms with Gasteiger partial charge >= 0.3 is 0 Å². The highest BCUT2D eigenvalue weighted by Gasteiger charge is 2.22. The molecule has 1 unspecified atom stereocenters. The van der Waals surface area contributed by atoms with Crippen LogP contribution in [-0.2, 0) is 6.42 Å². The lowest BCUT2D eigenvalue weighted by atomic mass is 10.1. The normalized spacial score (nSPS) is 17.1. The van der Waals surface area contributed by atoms with Crippen LogP contribution in [0.25, 0.3) is 16.6 Å². The molecule has 4 heterocycles. The molecule has 0 amide bonds. The first-order valence-corrected chi connectivity index (χ1v) is 9.50. The Balaban J connectivity index is 1.49. The molecule has 4 aromatic rings. The van der Waals surface area contributed by atoms with Crippen LogP contribution in [0.15, 0.2) is 48.8 Å². The van der Waals surface area contributed by atoms with Gasteiger partial charge in [0, 0.05) is 43.2 Å². The fraction of sp³-hybridized carbons (Fsp3) is 0.286. The molecule has 0 spiro atoms. The Labute approximate surface area is 162 Å². The highest BCUT2D eigenvalue weighted by molar-refractivity contribution is 5.79. The van der Waals surface area contributed by atoms with Crippen molar-refractivity contribution in [2.75, 3.05) is 25.0 Å². The predicted molar refractivity (Wildman–Crippen MR) is 107 cm³/mol. The first-order chi connectivity index (χ1) is 13.7. The van der Waals surface area contributed by atoms with E-state index in [-0.39, 0.29) is 5.82 Å². The zero-order valence-electron chi connectivity index (χ0n) is 15.6. The summed E-state index contributed by atoms with van der Waals surface area (Å²) >= 11 is 0. The van der Waals surface area contributed by atoms with Gasteiger partial charge in [-0.05, 0) is 43.3 Å². The molecule has 1 saturated heterocycles. The van der Waals surface area contributed by atoms with Gasteiger partial charge in [-0.3, -0.25) is 4.98 Å². The van der Waals surface area contributed by atoms with E-state index in [1.807, 2.05) is 41.9 Å². The van der Waals surface area contributed by atoms with Crippen molar-refractivity contribution in [3.05, 3.63) is 65.9 Å². The summed E-state index contributed by atoms with van der Waals surface area (Å²) in [5.74, 6) is 0.668. The lowest BCUT2D eigenvalue weighted by molar-refractivity contribution is 0.613. The largest absolute Gasteiger partial charge is 0.354 e. The zero-order chi connectivity index (χ0) is 19.1. The van der Waals surface area contributed by atoms with Gasteiger partial charge in [0.05, 0.1) is 17.4 Å². The number of likely N-dealkylation sites (N-methyl/N-ethyl adjacent to an activating group) is 1. The van der Waals surface area contributed by atoms with E-state index in [0.29, 0.717) is 23.5 Å². The van der Waals surface area contributed by atoms with E-state index >= 15 is 0 Å². The number of halogens is 1. The summed E-state index contributed by atoms with van der Waals surface area (Å²) in [6.45, 7) is 1.91. The van der Waals surface area contributed by atoms with Gasteiger partial charge in [-0.15, -0.1) is 5.10 Å². The van der Waals surface area contributed by atoms with Crippen LogP contribution in [0, 0.1) is 5.82 Å². The lowest BCUT2D eigenvalue weighted by Crippen LogP contribution is -2.30. The first-order valence-electron chi connectivity index (χ1n) is 9.50. The molecule has 3 aromatic heterocycles. The molecule has 7 heteroatoms. The number of hydrogen-bond donors (Lipinski definition) is 1. The number of pyridine rings is 1. The molecule has 0 aliphatic carbocycles. The minimum atomic E-state index is -0.256. The molecule has 1 aliphatic heterocycles. The summed E-state index contributed by atoms with van der Waals surface area (Å²) < 4.78 is 16.4. The van der Waals surface area contributed by atoms with E-state index in [1.165, 1.54) is 6.07 Å². The Morgan fingerprint density at radius 2 is 2.14 bits per heavy atom. The molecule has 1 atom stereocenters. The number of nitrogens with one attached hydrogen (secondary N) is 1. The molecule has 1 fully saturated rings. The molecule has 28 heavy (non-hydrogen) atoms. The van der Waals surface area contributed by atoms with E-state index in [4.69, 9.17) is 5.10 Å². The monoisotopic (exact) mass is 376 g/mol. The van der Waals surface area contributed by atoms with Crippen LogP contribution < -0.4 is 10.2 Å². The van der Waals surface area contributed by atoms with Crippen LogP contribution in [0.1, 0.15) is 17.7 Å². The smallest absolute Gasteiger partial charge is 0.153 e. The fourth-order valence-electron chi connectivity index (χ4n) is 3.88. The fourth-order valence-corrected chi connectivity index (χ4v) is 3.88. The molecule has 1 aliphatic rings. The summed E-state index contributed by atoms with van der Waals surface area (Å²) in [5, 5.41) is 9.04. The van der Waals surface area contributed by atoms with Crippen LogP contribution in [0.4, 0.5) is 10.2 Å². The second kappa shape index (κ2) is 6.83. The molecule has 0 radical (unpaired) electrons. The first kappa shape index (κ1) is 17.1. The van der Waals surface area contributed by atoms with Crippen LogP contribution in [0.3, 0.4) is 0 Å². The van der Waals surface area contributed by atoms with Gasteiger partial charge in [-0.2, -0.15) is 0 Å². The molecule has 1 N–H and O–H groups in total. The summed E-state index contributed by atoms with van der Waals surface area (Å²) in [7, 11) is 1.99. The van der Waals surface area contributed by atoms with Crippen molar-refractivity contribution in [1.29, 1.82) is 0 Å². The summed E-state index contributed by atoms with van der Waals surface area (Å²) in [6.07, 6.45) is 4.98. The van der Waals surface area contributed by atoms with Crippen LogP contribution in [-0.4, -0.2) is 45.8 Å². The van der Waals surface area contributed by atoms with Crippen molar-refractivity contribution in [3.8, 4) is 0 Å². The number of hydrogen-bond acceptors (Lipinski definition) is 5. The minimum absolute atomic E-state index is 0.256. The SMILES string of the molecule is CNC1CCN(c2ccc3ncc(Cc4cc5cccnc5cc4F)n3n2)C1. The molecular weight excluding hydrogens is 355 g/mol. The van der Waals surface area contributed by atoms with Crippen molar-refractivity contribution in [2.24, 2.45) is 0 Å². The Bertz CT molecular complexity index is 1150. The van der Waals surface area contributed by atoms with Crippen molar-refractivity contribution in [3.63, 3.8) is 0 Å². The number of rotatable bonds is 4. The molecule has 142 valence electrons. The van der Waals surface area contributed by atoms with Gasteiger partial charge in [0.15, 0.2) is 5.65 Å². The maximum Gasteiger partial charge on any atom is 0.153 e. The Kier molecular flexibility index (Phi) is 4.16. The molecular formula is C21H21FN6. The van der Waals surface area contributed by atoms with Gasteiger partial charge in [0.25, 0.3) is 0 Å². The lowest BCUT2D eigenvalue weighted by Gasteiger charge is -2.17. The topological polar surface area (TPSA) is 58.3 Å². The van der Waals surface area contributed by atoms with Crippen molar-refractivity contribution < 1.29 is 4.39 Å². The van der Waals surface area contributed by atoms with E-state index in [0.717, 1.165) is 42.1 Å². The van der Waals surface area contributed by atoms with Crippen molar-refractivity contribution in [2.45, 2.75) is 18.9 Å². The van der Waals surface area contributed by atoms with Crippen LogP contribution in [0.5, 0.6) is 0 Å². The average Bonchev–Trinajstić information content (AvgIpc) is 3.35. The molecule has 6 nitrogen and oxygen atoms in total. The zero-order valence-corrected chi connectivity index (χ0v) is 15.6. The maximum absolute atomic E-state index is 14.6. The van der Waals surface area contributed by atoms with Gasteiger partial charge in [-0.1, -0.05) is 6.07 Å². The molecule has 1 aromatic carbocycles. The van der Waals surface area contributed by atoms with E-state index < -0.39 is 0 Å². The molecule has 0 saturated carbocycles. The second-order valence-corrected chi connectivity index (χ2v) is 7.25. The molecule has 5 rings (SSSR count). The Hall–Kier alpha value is -3.06. The van der Waals surface area contributed by atoms with E-state index in [9.17, 15) is 4.39 Å². The number of fused-ring (bicyclic) bond motifs is 2. The number of nitrogens with zero attached hydrogens (tertiary/aromatic N) is 5.